The van der Waals surface area contributed by atoms with Gasteiger partial charge in [0.1, 0.15) is 0 Å². The van der Waals surface area contributed by atoms with Gasteiger partial charge in [-0.15, -0.1) is 0 Å². The normalized spacial score (nSPS) is 20.1. The van der Waals surface area contributed by atoms with Gasteiger partial charge in [-0.2, -0.15) is 13.2 Å². The largest absolute Gasteiger partial charge is 0.416 e. The standard InChI is InChI=1S/C11H12F3NO/c12-11(13,14)9-2-1-8-3-7(6-16)5-15-10(8)4-9/h1-2,4,7,15-16H,3,5-6H2. The molecule has 0 amide bonds. The highest BCUT2D eigenvalue weighted by atomic mass is 19.4. The van der Waals surface area contributed by atoms with Crippen LogP contribution in [0.25, 0.3) is 0 Å². The van der Waals surface area contributed by atoms with Crippen LogP contribution < -0.4 is 5.32 Å². The Morgan fingerprint density at radius 1 is 1.38 bits per heavy atom. The molecule has 1 aromatic rings. The highest BCUT2D eigenvalue weighted by molar-refractivity contribution is 5.55. The summed E-state index contributed by atoms with van der Waals surface area (Å²) in [6.45, 7) is 0.568. The number of alkyl halides is 3. The predicted molar refractivity (Wildman–Crippen MR) is 54.2 cm³/mol. The van der Waals surface area contributed by atoms with E-state index in [1.807, 2.05) is 0 Å². The molecule has 1 aliphatic rings. The third-order valence-electron chi connectivity index (χ3n) is 2.79. The second kappa shape index (κ2) is 3.97. The summed E-state index contributed by atoms with van der Waals surface area (Å²) >= 11 is 0. The van der Waals surface area contributed by atoms with E-state index in [0.29, 0.717) is 18.7 Å². The predicted octanol–water partition coefficient (Wildman–Crippen LogP) is 2.28. The molecule has 0 saturated carbocycles. The van der Waals surface area contributed by atoms with Gasteiger partial charge in [-0.3, -0.25) is 0 Å². The minimum Gasteiger partial charge on any atom is -0.396 e. The first-order chi connectivity index (χ1) is 7.50. The van der Waals surface area contributed by atoms with Gasteiger partial charge < -0.3 is 10.4 Å². The third kappa shape index (κ3) is 2.14. The molecule has 88 valence electrons. The van der Waals surface area contributed by atoms with E-state index in [-0.39, 0.29) is 12.5 Å². The molecule has 0 radical (unpaired) electrons. The summed E-state index contributed by atoms with van der Waals surface area (Å²) in [5.41, 5.74) is 0.721. The fraction of sp³-hybridized carbons (Fsp3) is 0.455. The molecule has 1 heterocycles. The molecule has 0 spiro atoms. The number of rotatable bonds is 1. The van der Waals surface area contributed by atoms with Crippen molar-refractivity contribution in [1.82, 2.24) is 0 Å². The topological polar surface area (TPSA) is 32.3 Å². The lowest BCUT2D eigenvalue weighted by Crippen LogP contribution is -2.26. The molecule has 1 atom stereocenters. The van der Waals surface area contributed by atoms with Crippen LogP contribution in [0.1, 0.15) is 11.1 Å². The molecule has 2 nitrogen and oxygen atoms in total. The van der Waals surface area contributed by atoms with Gasteiger partial charge in [0.25, 0.3) is 0 Å². The van der Waals surface area contributed by atoms with Crippen molar-refractivity contribution < 1.29 is 18.3 Å². The molecule has 0 fully saturated rings. The quantitative estimate of drug-likeness (QED) is 0.777. The van der Waals surface area contributed by atoms with E-state index in [1.54, 1.807) is 0 Å². The maximum Gasteiger partial charge on any atom is 0.416 e. The number of nitrogens with one attached hydrogen (secondary N) is 1. The zero-order chi connectivity index (χ0) is 11.8. The molecule has 0 bridgehead atoms. The molecule has 1 unspecified atom stereocenters. The molecule has 2 rings (SSSR count). The van der Waals surface area contributed by atoms with Crippen LogP contribution in [-0.2, 0) is 12.6 Å². The fourth-order valence-corrected chi connectivity index (χ4v) is 1.86. The van der Waals surface area contributed by atoms with Gasteiger partial charge in [0, 0.05) is 24.8 Å². The van der Waals surface area contributed by atoms with E-state index >= 15 is 0 Å². The third-order valence-corrected chi connectivity index (χ3v) is 2.79. The van der Waals surface area contributed by atoms with Gasteiger partial charge >= 0.3 is 6.18 Å². The number of hydrogen-bond acceptors (Lipinski definition) is 2. The van der Waals surface area contributed by atoms with Crippen LogP contribution in [0.3, 0.4) is 0 Å². The van der Waals surface area contributed by atoms with Gasteiger partial charge in [0.2, 0.25) is 0 Å². The first-order valence-electron chi connectivity index (χ1n) is 5.05. The van der Waals surface area contributed by atoms with E-state index in [1.165, 1.54) is 6.07 Å². The minimum absolute atomic E-state index is 0.0491. The highest BCUT2D eigenvalue weighted by Gasteiger charge is 2.31. The van der Waals surface area contributed by atoms with Crippen LogP contribution in [0.4, 0.5) is 18.9 Å². The summed E-state index contributed by atoms with van der Waals surface area (Å²) in [5.74, 6) is 0.0873. The van der Waals surface area contributed by atoms with Crippen LogP contribution in [0.15, 0.2) is 18.2 Å². The summed E-state index contributed by atoms with van der Waals surface area (Å²) in [6.07, 6.45) is -3.68. The van der Waals surface area contributed by atoms with Crippen LogP contribution >= 0.6 is 0 Å². The number of benzene rings is 1. The van der Waals surface area contributed by atoms with E-state index in [9.17, 15) is 13.2 Å². The Morgan fingerprint density at radius 3 is 2.75 bits per heavy atom. The molecule has 16 heavy (non-hydrogen) atoms. The number of aliphatic hydroxyl groups is 1. The van der Waals surface area contributed by atoms with Crippen LogP contribution in [0.2, 0.25) is 0 Å². The molecule has 0 aromatic heterocycles. The van der Waals surface area contributed by atoms with Crippen molar-refractivity contribution in [2.75, 3.05) is 18.5 Å². The Kier molecular flexibility index (Phi) is 2.80. The number of halogens is 3. The first-order valence-corrected chi connectivity index (χ1v) is 5.05. The van der Waals surface area contributed by atoms with Crippen molar-refractivity contribution in [3.8, 4) is 0 Å². The van der Waals surface area contributed by atoms with Crippen molar-refractivity contribution in [1.29, 1.82) is 0 Å². The first kappa shape index (κ1) is 11.3. The van der Waals surface area contributed by atoms with E-state index in [2.05, 4.69) is 5.32 Å². The van der Waals surface area contributed by atoms with Gasteiger partial charge in [0.05, 0.1) is 5.56 Å². The zero-order valence-corrected chi connectivity index (χ0v) is 8.51. The van der Waals surface area contributed by atoms with E-state index in [4.69, 9.17) is 5.11 Å². The lowest BCUT2D eigenvalue weighted by atomic mass is 9.93. The highest BCUT2D eigenvalue weighted by Crippen LogP contribution is 2.34. The van der Waals surface area contributed by atoms with Crippen LogP contribution in [-0.4, -0.2) is 18.3 Å². The molecule has 0 aliphatic carbocycles. The van der Waals surface area contributed by atoms with E-state index in [0.717, 1.165) is 17.7 Å². The van der Waals surface area contributed by atoms with Gasteiger partial charge in [-0.25, -0.2) is 0 Å². The maximum absolute atomic E-state index is 12.4. The number of anilines is 1. The second-order valence-electron chi connectivity index (χ2n) is 4.00. The summed E-state index contributed by atoms with van der Waals surface area (Å²) in [7, 11) is 0. The lowest BCUT2D eigenvalue weighted by Gasteiger charge is -2.25. The molecular formula is C11H12F3NO. The van der Waals surface area contributed by atoms with Crippen LogP contribution in [0.5, 0.6) is 0 Å². The average Bonchev–Trinajstić information content (AvgIpc) is 2.26. The average molecular weight is 231 g/mol. The van der Waals surface area contributed by atoms with Crippen molar-refractivity contribution >= 4 is 5.69 Å². The monoisotopic (exact) mass is 231 g/mol. The van der Waals surface area contributed by atoms with E-state index < -0.39 is 11.7 Å². The smallest absolute Gasteiger partial charge is 0.396 e. The Bertz CT molecular complexity index is 389. The SMILES string of the molecule is OCC1CNc2cc(C(F)(F)F)ccc2C1. The van der Waals surface area contributed by atoms with Crippen molar-refractivity contribution in [2.24, 2.45) is 5.92 Å². The Labute approximate surface area is 91.1 Å². The summed E-state index contributed by atoms with van der Waals surface area (Å²) in [6, 6.07) is 3.69. The van der Waals surface area contributed by atoms with Gasteiger partial charge in [-0.05, 0) is 24.1 Å². The molecule has 0 saturated heterocycles. The van der Waals surface area contributed by atoms with Crippen molar-refractivity contribution in [2.45, 2.75) is 12.6 Å². The van der Waals surface area contributed by atoms with Crippen molar-refractivity contribution in [3.05, 3.63) is 29.3 Å². The Morgan fingerprint density at radius 2 is 2.12 bits per heavy atom. The molecule has 1 aromatic carbocycles. The van der Waals surface area contributed by atoms with Crippen molar-refractivity contribution in [3.63, 3.8) is 0 Å². The summed E-state index contributed by atoms with van der Waals surface area (Å²) in [4.78, 5) is 0. The summed E-state index contributed by atoms with van der Waals surface area (Å²) in [5, 5.41) is 11.9. The Hall–Kier alpha value is -1.23. The number of fused-ring (bicyclic) bond motifs is 1. The second-order valence-corrected chi connectivity index (χ2v) is 4.00. The van der Waals surface area contributed by atoms with Gasteiger partial charge in [-0.1, -0.05) is 6.07 Å². The summed E-state index contributed by atoms with van der Waals surface area (Å²) < 4.78 is 37.3. The number of hydrogen-bond donors (Lipinski definition) is 2. The molecule has 5 heteroatoms. The molecule has 2 N–H and O–H groups in total. The zero-order valence-electron chi connectivity index (χ0n) is 8.51. The molecule has 1 aliphatic heterocycles. The van der Waals surface area contributed by atoms with Gasteiger partial charge in [0.15, 0.2) is 0 Å². The minimum atomic E-state index is -4.30. The Balaban J connectivity index is 2.28. The molecular weight excluding hydrogens is 219 g/mol. The van der Waals surface area contributed by atoms with Crippen LogP contribution in [0, 0.1) is 5.92 Å². The lowest BCUT2D eigenvalue weighted by molar-refractivity contribution is -0.137. The maximum atomic E-state index is 12.4. The fourth-order valence-electron chi connectivity index (χ4n) is 1.86. The number of aliphatic hydroxyl groups excluding tert-OH is 1.